The fourth-order valence-corrected chi connectivity index (χ4v) is 3.94. The predicted molar refractivity (Wildman–Crippen MR) is 90.4 cm³/mol. The average Bonchev–Trinajstić information content (AvgIpc) is 2.99. The quantitative estimate of drug-likeness (QED) is 0.867. The van der Waals surface area contributed by atoms with Crippen molar-refractivity contribution in [2.45, 2.75) is 31.8 Å². The summed E-state index contributed by atoms with van der Waals surface area (Å²) in [5.74, 6) is 0.652. The topological polar surface area (TPSA) is 38.2 Å². The Morgan fingerprint density at radius 3 is 2.71 bits per heavy atom. The molecular weight excluding hydrogens is 305 g/mol. The summed E-state index contributed by atoms with van der Waals surface area (Å²) >= 11 is 0. The standard InChI is InChI=1S/C19H22FN3O/c20-16-4-1-3-15(11-16)12-17-13-19(14-24-17)5-9-23(10-6-19)18-21-7-2-8-22-18/h1-4,7-8,11,17H,5-6,9-10,12-14H2/t17-/m0/s1. The lowest BCUT2D eigenvalue weighted by atomic mass is 9.76. The fourth-order valence-electron chi connectivity index (χ4n) is 3.94. The molecule has 0 N–H and O–H groups in total. The summed E-state index contributed by atoms with van der Waals surface area (Å²) in [6.45, 7) is 2.76. The molecule has 1 spiro atoms. The van der Waals surface area contributed by atoms with Crippen molar-refractivity contribution in [2.24, 2.45) is 5.41 Å². The van der Waals surface area contributed by atoms with Crippen LogP contribution in [0.5, 0.6) is 0 Å². The lowest BCUT2D eigenvalue weighted by Gasteiger charge is -2.38. The molecule has 5 heteroatoms. The first-order chi connectivity index (χ1) is 11.7. The second-order valence-corrected chi connectivity index (χ2v) is 7.01. The van der Waals surface area contributed by atoms with Crippen molar-refractivity contribution in [1.29, 1.82) is 0 Å². The minimum absolute atomic E-state index is 0.170. The third kappa shape index (κ3) is 3.26. The summed E-state index contributed by atoms with van der Waals surface area (Å²) in [6, 6.07) is 8.70. The molecule has 2 aliphatic rings. The van der Waals surface area contributed by atoms with Crippen LogP contribution in [0.4, 0.5) is 10.3 Å². The number of piperidine rings is 1. The van der Waals surface area contributed by atoms with E-state index in [0.717, 1.165) is 56.9 Å². The summed E-state index contributed by atoms with van der Waals surface area (Å²) < 4.78 is 19.4. The van der Waals surface area contributed by atoms with E-state index in [0.29, 0.717) is 0 Å². The van der Waals surface area contributed by atoms with Crippen molar-refractivity contribution in [3.8, 4) is 0 Å². The molecule has 0 amide bonds. The van der Waals surface area contributed by atoms with Gasteiger partial charge in [0.1, 0.15) is 5.82 Å². The van der Waals surface area contributed by atoms with Crippen molar-refractivity contribution in [1.82, 2.24) is 9.97 Å². The molecule has 2 fully saturated rings. The third-order valence-electron chi connectivity index (χ3n) is 5.30. The second kappa shape index (κ2) is 6.48. The fraction of sp³-hybridized carbons (Fsp3) is 0.474. The van der Waals surface area contributed by atoms with Gasteiger partial charge < -0.3 is 9.64 Å². The van der Waals surface area contributed by atoms with Gasteiger partial charge in [0.15, 0.2) is 0 Å². The molecule has 0 radical (unpaired) electrons. The Labute approximate surface area is 141 Å². The Balaban J connectivity index is 1.35. The van der Waals surface area contributed by atoms with Crippen LogP contribution in [0.1, 0.15) is 24.8 Å². The van der Waals surface area contributed by atoms with E-state index in [1.54, 1.807) is 24.5 Å². The Hall–Kier alpha value is -2.01. The monoisotopic (exact) mass is 327 g/mol. The smallest absolute Gasteiger partial charge is 0.225 e. The molecule has 0 unspecified atom stereocenters. The number of ether oxygens (including phenoxy) is 1. The van der Waals surface area contributed by atoms with Gasteiger partial charge in [-0.05, 0) is 54.9 Å². The van der Waals surface area contributed by atoms with Gasteiger partial charge in [-0.2, -0.15) is 0 Å². The molecule has 24 heavy (non-hydrogen) atoms. The molecule has 1 aromatic heterocycles. The van der Waals surface area contributed by atoms with Gasteiger partial charge in [-0.15, -0.1) is 0 Å². The van der Waals surface area contributed by atoms with E-state index < -0.39 is 0 Å². The van der Waals surface area contributed by atoms with Crippen molar-refractivity contribution < 1.29 is 9.13 Å². The molecule has 3 heterocycles. The summed E-state index contributed by atoms with van der Waals surface area (Å²) in [4.78, 5) is 10.9. The predicted octanol–water partition coefficient (Wildman–Crippen LogP) is 3.23. The highest BCUT2D eigenvalue weighted by Crippen LogP contribution is 2.43. The summed E-state index contributed by atoms with van der Waals surface area (Å²) in [5.41, 5.74) is 1.29. The van der Waals surface area contributed by atoms with E-state index >= 15 is 0 Å². The minimum atomic E-state index is -0.170. The summed E-state index contributed by atoms with van der Waals surface area (Å²) in [5, 5.41) is 0. The second-order valence-electron chi connectivity index (χ2n) is 7.01. The maximum Gasteiger partial charge on any atom is 0.225 e. The van der Waals surface area contributed by atoms with Gasteiger partial charge in [0, 0.05) is 25.5 Å². The van der Waals surface area contributed by atoms with E-state index in [1.165, 1.54) is 6.07 Å². The van der Waals surface area contributed by atoms with Crippen molar-refractivity contribution in [3.05, 3.63) is 54.1 Å². The van der Waals surface area contributed by atoms with Crippen LogP contribution in [0.25, 0.3) is 0 Å². The Morgan fingerprint density at radius 1 is 1.17 bits per heavy atom. The van der Waals surface area contributed by atoms with E-state index in [-0.39, 0.29) is 17.3 Å². The van der Waals surface area contributed by atoms with E-state index in [2.05, 4.69) is 14.9 Å². The van der Waals surface area contributed by atoms with Gasteiger partial charge in [-0.3, -0.25) is 0 Å². The number of rotatable bonds is 3. The molecule has 4 rings (SSSR count). The van der Waals surface area contributed by atoms with Gasteiger partial charge in [-0.25, -0.2) is 14.4 Å². The zero-order valence-electron chi connectivity index (χ0n) is 13.7. The number of nitrogens with zero attached hydrogens (tertiary/aromatic N) is 3. The van der Waals surface area contributed by atoms with E-state index in [4.69, 9.17) is 4.74 Å². The van der Waals surface area contributed by atoms with E-state index in [1.807, 2.05) is 12.1 Å². The largest absolute Gasteiger partial charge is 0.377 e. The molecule has 1 aromatic carbocycles. The zero-order valence-corrected chi connectivity index (χ0v) is 13.7. The Bertz CT molecular complexity index is 686. The van der Waals surface area contributed by atoms with Crippen LogP contribution in [0.15, 0.2) is 42.7 Å². The number of hydrogen-bond donors (Lipinski definition) is 0. The SMILES string of the molecule is Fc1cccc(C[C@H]2CC3(CCN(c4ncccn4)CC3)CO2)c1. The van der Waals surface area contributed by atoms with E-state index in [9.17, 15) is 4.39 Å². The molecular formula is C19H22FN3O. The van der Waals surface area contributed by atoms with Crippen LogP contribution in [0.2, 0.25) is 0 Å². The number of aromatic nitrogens is 2. The highest BCUT2D eigenvalue weighted by Gasteiger charge is 2.42. The molecule has 0 bridgehead atoms. The normalized spacial score (nSPS) is 22.9. The number of benzene rings is 1. The average molecular weight is 327 g/mol. The molecule has 2 aromatic rings. The van der Waals surface area contributed by atoms with Crippen molar-refractivity contribution >= 4 is 5.95 Å². The highest BCUT2D eigenvalue weighted by molar-refractivity contribution is 5.29. The van der Waals surface area contributed by atoms with Crippen molar-refractivity contribution in [2.75, 3.05) is 24.6 Å². The Kier molecular flexibility index (Phi) is 4.19. The first-order valence-corrected chi connectivity index (χ1v) is 8.61. The van der Waals surface area contributed by atoms with Crippen LogP contribution in [0, 0.1) is 11.2 Å². The molecule has 1 atom stereocenters. The van der Waals surface area contributed by atoms with Gasteiger partial charge in [0.05, 0.1) is 12.7 Å². The third-order valence-corrected chi connectivity index (χ3v) is 5.30. The van der Waals surface area contributed by atoms with Crippen LogP contribution in [-0.4, -0.2) is 35.8 Å². The molecule has 2 aliphatic heterocycles. The molecule has 0 aliphatic carbocycles. The van der Waals surface area contributed by atoms with Gasteiger partial charge in [0.2, 0.25) is 5.95 Å². The minimum Gasteiger partial charge on any atom is -0.377 e. The van der Waals surface area contributed by atoms with Gasteiger partial charge in [0.25, 0.3) is 0 Å². The van der Waals surface area contributed by atoms with Crippen LogP contribution >= 0.6 is 0 Å². The lowest BCUT2D eigenvalue weighted by molar-refractivity contribution is 0.0885. The summed E-state index contributed by atoms with van der Waals surface area (Å²) in [6.07, 6.45) is 7.85. The first-order valence-electron chi connectivity index (χ1n) is 8.61. The number of halogens is 1. The molecule has 4 nitrogen and oxygen atoms in total. The van der Waals surface area contributed by atoms with Crippen LogP contribution in [0.3, 0.4) is 0 Å². The first kappa shape index (κ1) is 15.5. The van der Waals surface area contributed by atoms with Crippen LogP contribution < -0.4 is 4.90 Å². The Morgan fingerprint density at radius 2 is 1.96 bits per heavy atom. The maximum absolute atomic E-state index is 13.3. The maximum atomic E-state index is 13.3. The van der Waals surface area contributed by atoms with Gasteiger partial charge >= 0.3 is 0 Å². The number of anilines is 1. The molecule has 0 saturated carbocycles. The summed E-state index contributed by atoms with van der Waals surface area (Å²) in [7, 11) is 0. The zero-order chi connectivity index (χ0) is 16.4. The van der Waals surface area contributed by atoms with Crippen molar-refractivity contribution in [3.63, 3.8) is 0 Å². The number of hydrogen-bond acceptors (Lipinski definition) is 4. The molecule has 126 valence electrons. The van der Waals surface area contributed by atoms with Crippen LogP contribution in [-0.2, 0) is 11.2 Å². The lowest BCUT2D eigenvalue weighted by Crippen LogP contribution is -2.41. The van der Waals surface area contributed by atoms with Gasteiger partial charge in [-0.1, -0.05) is 12.1 Å². The highest BCUT2D eigenvalue weighted by atomic mass is 19.1. The molecule has 2 saturated heterocycles.